The van der Waals surface area contributed by atoms with Crippen molar-refractivity contribution < 1.29 is 36.6 Å². The lowest BCUT2D eigenvalue weighted by Gasteiger charge is -2.09. The number of hydrogen-bond donors (Lipinski definition) is 0. The smallest absolute Gasteiger partial charge is 0.341 e. The molecule has 0 aliphatic rings. The highest BCUT2D eigenvalue weighted by Crippen LogP contribution is 2.26. The SMILES string of the molecule is CCOC(=O)c1ccccc1OC(=O)CS(=O)c1ccc(S(C)(=O)=O)cc1[N+](=O)[O-]. The number of rotatable bonds is 8. The number of carbonyl (C=O) groups is 2. The van der Waals surface area contributed by atoms with Crippen LogP contribution in [0, 0.1) is 10.1 Å². The maximum atomic E-state index is 12.5. The average molecular weight is 455 g/mol. The molecule has 0 amide bonds. The van der Waals surface area contributed by atoms with Crippen molar-refractivity contribution >= 4 is 38.3 Å². The summed E-state index contributed by atoms with van der Waals surface area (Å²) in [6.45, 7) is 1.72. The summed E-state index contributed by atoms with van der Waals surface area (Å²) in [5, 5.41) is 11.3. The molecule has 1 unspecified atom stereocenters. The van der Waals surface area contributed by atoms with Gasteiger partial charge in [-0.2, -0.15) is 0 Å². The van der Waals surface area contributed by atoms with Gasteiger partial charge in [0.2, 0.25) is 0 Å². The van der Waals surface area contributed by atoms with Gasteiger partial charge in [0.1, 0.15) is 22.0 Å². The van der Waals surface area contributed by atoms with Crippen LogP contribution in [0.5, 0.6) is 5.75 Å². The summed E-state index contributed by atoms with van der Waals surface area (Å²) in [5.41, 5.74) is -0.710. The molecule has 0 fully saturated rings. The third-order valence-corrected chi connectivity index (χ3v) is 6.10. The predicted molar refractivity (Wildman–Crippen MR) is 106 cm³/mol. The summed E-state index contributed by atoms with van der Waals surface area (Å²) in [4.78, 5) is 33.9. The molecule has 12 heteroatoms. The van der Waals surface area contributed by atoms with Gasteiger partial charge in [-0.25, -0.2) is 13.2 Å². The number of carbonyl (C=O) groups excluding carboxylic acids is 2. The molecule has 0 spiro atoms. The molecule has 0 radical (unpaired) electrons. The highest BCUT2D eigenvalue weighted by Gasteiger charge is 2.25. The van der Waals surface area contributed by atoms with Crippen LogP contribution in [-0.2, 0) is 30.2 Å². The summed E-state index contributed by atoms with van der Waals surface area (Å²) in [6, 6.07) is 8.64. The molecule has 0 aromatic heterocycles. The zero-order valence-electron chi connectivity index (χ0n) is 15.9. The molecule has 2 aromatic rings. The average Bonchev–Trinajstić information content (AvgIpc) is 2.67. The van der Waals surface area contributed by atoms with Crippen LogP contribution in [0.1, 0.15) is 17.3 Å². The van der Waals surface area contributed by atoms with Crippen molar-refractivity contribution in [2.75, 3.05) is 18.6 Å². The minimum Gasteiger partial charge on any atom is -0.462 e. The first-order chi connectivity index (χ1) is 14.0. The first kappa shape index (κ1) is 23.2. The molecule has 160 valence electrons. The molecular weight excluding hydrogens is 438 g/mol. The Labute approximate surface area is 174 Å². The standard InChI is InChI=1S/C18H17NO9S2/c1-3-27-18(21)13-6-4-5-7-15(13)28-17(20)11-29(24)16-9-8-12(30(2,25)26)10-14(16)19(22)23/h4-10H,3,11H2,1-2H3. The Morgan fingerprint density at radius 1 is 1.17 bits per heavy atom. The van der Waals surface area contributed by atoms with Gasteiger partial charge in [-0.05, 0) is 31.2 Å². The van der Waals surface area contributed by atoms with Crippen molar-refractivity contribution in [2.45, 2.75) is 16.7 Å². The van der Waals surface area contributed by atoms with E-state index in [2.05, 4.69) is 0 Å². The van der Waals surface area contributed by atoms with E-state index in [0.29, 0.717) is 0 Å². The molecule has 0 N–H and O–H groups in total. The van der Waals surface area contributed by atoms with E-state index in [4.69, 9.17) is 9.47 Å². The predicted octanol–water partition coefficient (Wildman–Crippen LogP) is 1.89. The molecule has 30 heavy (non-hydrogen) atoms. The zero-order chi connectivity index (χ0) is 22.5. The van der Waals surface area contributed by atoms with E-state index in [0.717, 1.165) is 24.5 Å². The first-order valence-corrected chi connectivity index (χ1v) is 11.6. The fraction of sp³-hybridized carbons (Fsp3) is 0.222. The Morgan fingerprint density at radius 3 is 2.43 bits per heavy atom. The van der Waals surface area contributed by atoms with Crippen LogP contribution in [0.15, 0.2) is 52.3 Å². The summed E-state index contributed by atoms with van der Waals surface area (Å²) >= 11 is 0. The number of nitrogens with zero attached hydrogens (tertiary/aromatic N) is 1. The monoisotopic (exact) mass is 455 g/mol. The van der Waals surface area contributed by atoms with Gasteiger partial charge in [0.25, 0.3) is 5.69 Å². The minimum absolute atomic E-state index is 0.0121. The number of sulfone groups is 1. The molecule has 10 nitrogen and oxygen atoms in total. The van der Waals surface area contributed by atoms with Gasteiger partial charge in [-0.1, -0.05) is 12.1 Å². The maximum Gasteiger partial charge on any atom is 0.341 e. The molecule has 1 atom stereocenters. The molecule has 0 saturated heterocycles. The van der Waals surface area contributed by atoms with Crippen molar-refractivity contribution in [3.63, 3.8) is 0 Å². The largest absolute Gasteiger partial charge is 0.462 e. The van der Waals surface area contributed by atoms with Crippen LogP contribution in [0.2, 0.25) is 0 Å². The van der Waals surface area contributed by atoms with E-state index in [1.165, 1.54) is 24.3 Å². The summed E-state index contributed by atoms with van der Waals surface area (Å²) in [7, 11) is -5.92. The lowest BCUT2D eigenvalue weighted by atomic mass is 10.2. The van der Waals surface area contributed by atoms with Gasteiger partial charge >= 0.3 is 11.9 Å². The van der Waals surface area contributed by atoms with E-state index in [-0.39, 0.29) is 27.7 Å². The fourth-order valence-corrected chi connectivity index (χ4v) is 3.99. The van der Waals surface area contributed by atoms with E-state index in [1.54, 1.807) is 6.92 Å². The fourth-order valence-electron chi connectivity index (χ4n) is 2.33. The topological polar surface area (TPSA) is 147 Å². The highest BCUT2D eigenvalue weighted by atomic mass is 32.2. The van der Waals surface area contributed by atoms with Crippen molar-refractivity contribution in [1.82, 2.24) is 0 Å². The van der Waals surface area contributed by atoms with E-state index in [9.17, 15) is 32.3 Å². The van der Waals surface area contributed by atoms with Gasteiger partial charge in [-0.15, -0.1) is 0 Å². The van der Waals surface area contributed by atoms with Crippen LogP contribution in [-0.4, -0.2) is 48.1 Å². The summed E-state index contributed by atoms with van der Waals surface area (Å²) in [5.74, 6) is -2.59. The Morgan fingerprint density at radius 2 is 1.83 bits per heavy atom. The quantitative estimate of drug-likeness (QED) is 0.252. The number of ether oxygens (including phenoxy) is 2. The second-order valence-corrected chi connectivity index (χ2v) is 9.27. The van der Waals surface area contributed by atoms with E-state index < -0.39 is 48.9 Å². The second kappa shape index (κ2) is 9.59. The molecule has 2 aromatic carbocycles. The molecule has 0 bridgehead atoms. The molecular formula is C18H17NO9S2. The Balaban J connectivity index is 2.24. The lowest BCUT2D eigenvalue weighted by Crippen LogP contribution is -2.19. The summed E-state index contributed by atoms with van der Waals surface area (Å²) < 4.78 is 45.7. The van der Waals surface area contributed by atoms with E-state index >= 15 is 0 Å². The molecule has 0 aliphatic carbocycles. The normalized spacial score (nSPS) is 12.1. The van der Waals surface area contributed by atoms with Gasteiger partial charge < -0.3 is 9.47 Å². The van der Waals surface area contributed by atoms with Gasteiger partial charge in [0.15, 0.2) is 9.84 Å². The third-order valence-electron chi connectivity index (χ3n) is 3.66. The second-order valence-electron chi connectivity index (χ2n) is 5.84. The van der Waals surface area contributed by atoms with Crippen molar-refractivity contribution in [3.05, 3.63) is 58.1 Å². The van der Waals surface area contributed by atoms with E-state index in [1.807, 2.05) is 0 Å². The molecule has 0 saturated carbocycles. The van der Waals surface area contributed by atoms with Gasteiger partial charge in [0.05, 0.1) is 27.2 Å². The molecule has 2 rings (SSSR count). The van der Waals surface area contributed by atoms with Crippen LogP contribution in [0.25, 0.3) is 0 Å². The molecule has 0 heterocycles. The van der Waals surface area contributed by atoms with Gasteiger partial charge in [-0.3, -0.25) is 19.1 Å². The van der Waals surface area contributed by atoms with Crippen LogP contribution in [0.3, 0.4) is 0 Å². The maximum absolute atomic E-state index is 12.5. The van der Waals surface area contributed by atoms with Gasteiger partial charge in [0, 0.05) is 12.3 Å². The Hall–Kier alpha value is -3.12. The molecule has 0 aliphatic heterocycles. The Bertz CT molecular complexity index is 1130. The zero-order valence-corrected chi connectivity index (χ0v) is 17.5. The van der Waals surface area contributed by atoms with Crippen molar-refractivity contribution in [1.29, 1.82) is 0 Å². The Kier molecular flexibility index (Phi) is 7.40. The number of para-hydroxylation sites is 1. The number of benzene rings is 2. The van der Waals surface area contributed by atoms with Crippen LogP contribution in [0.4, 0.5) is 5.69 Å². The number of esters is 2. The van der Waals surface area contributed by atoms with Crippen molar-refractivity contribution in [3.8, 4) is 5.75 Å². The lowest BCUT2D eigenvalue weighted by molar-refractivity contribution is -0.388. The van der Waals surface area contributed by atoms with Crippen LogP contribution >= 0.6 is 0 Å². The summed E-state index contributed by atoms with van der Waals surface area (Å²) in [6.07, 6.45) is 0.876. The third kappa shape index (κ3) is 5.70. The number of nitro groups is 1. The number of nitro benzene ring substituents is 1. The number of hydrogen-bond acceptors (Lipinski definition) is 9. The highest BCUT2D eigenvalue weighted by molar-refractivity contribution is 7.90. The first-order valence-electron chi connectivity index (χ1n) is 8.38. The van der Waals surface area contributed by atoms with Crippen molar-refractivity contribution in [2.24, 2.45) is 0 Å². The minimum atomic E-state index is -3.72. The van der Waals surface area contributed by atoms with Crippen LogP contribution < -0.4 is 4.74 Å².